The maximum absolute atomic E-state index is 4.49. The molecule has 0 aliphatic rings. The van der Waals surface area contributed by atoms with Crippen molar-refractivity contribution in [1.82, 2.24) is 4.98 Å². The molecule has 0 radical (unpaired) electrons. The van der Waals surface area contributed by atoms with Crippen molar-refractivity contribution in [2.75, 3.05) is 0 Å². The van der Waals surface area contributed by atoms with Crippen molar-refractivity contribution >= 4 is 37.6 Å². The zero-order chi connectivity index (χ0) is 11.1. The van der Waals surface area contributed by atoms with Crippen LogP contribution in [0.4, 0.5) is 0 Å². The summed E-state index contributed by atoms with van der Waals surface area (Å²) in [6, 6.07) is 12.6. The van der Waals surface area contributed by atoms with Gasteiger partial charge in [0.25, 0.3) is 0 Å². The largest absolute Gasteiger partial charge is 0.256 e. The number of halogens is 1. The highest BCUT2D eigenvalue weighted by Gasteiger charge is 2.06. The molecule has 0 amide bonds. The fourth-order valence-corrected chi connectivity index (χ4v) is 2.43. The van der Waals surface area contributed by atoms with Gasteiger partial charge in [-0.2, -0.15) is 0 Å². The Kier molecular flexibility index (Phi) is 2.18. The smallest absolute Gasteiger partial charge is 0.0783 e. The van der Waals surface area contributed by atoms with Crippen LogP contribution in [-0.2, 0) is 0 Å². The third kappa shape index (κ3) is 1.34. The molecule has 0 bridgehead atoms. The number of hydrogen-bond acceptors (Lipinski definition) is 1. The van der Waals surface area contributed by atoms with Crippen molar-refractivity contribution in [3.63, 3.8) is 0 Å². The van der Waals surface area contributed by atoms with Crippen molar-refractivity contribution in [3.8, 4) is 0 Å². The van der Waals surface area contributed by atoms with Crippen LogP contribution in [-0.4, -0.2) is 4.98 Å². The zero-order valence-corrected chi connectivity index (χ0v) is 10.5. The summed E-state index contributed by atoms with van der Waals surface area (Å²) in [4.78, 5) is 4.49. The number of aryl methyl sites for hydroxylation is 1. The zero-order valence-electron chi connectivity index (χ0n) is 8.87. The molecule has 2 aromatic carbocycles. The Morgan fingerprint density at radius 3 is 2.62 bits per heavy atom. The molecule has 0 saturated heterocycles. The first-order chi connectivity index (χ1) is 7.77. The molecule has 0 fully saturated rings. The first kappa shape index (κ1) is 9.79. The Balaban J connectivity index is 2.63. The molecule has 0 aliphatic heterocycles. The summed E-state index contributed by atoms with van der Waals surface area (Å²) < 4.78 is 1.14. The third-order valence-corrected chi connectivity index (χ3v) is 3.81. The fraction of sp³-hybridized carbons (Fsp3) is 0.0714. The van der Waals surface area contributed by atoms with Gasteiger partial charge in [-0.05, 0) is 30.0 Å². The van der Waals surface area contributed by atoms with E-state index in [4.69, 9.17) is 0 Å². The molecule has 1 heterocycles. The summed E-state index contributed by atoms with van der Waals surface area (Å²) in [6.07, 6.45) is 1.85. The highest BCUT2D eigenvalue weighted by molar-refractivity contribution is 9.10. The molecule has 3 rings (SSSR count). The standard InChI is InChI=1S/C14H10BrN/c1-9-12(15)7-6-10-4-5-11-3-2-8-16-14(11)13(9)10/h2-8H,1H3. The maximum Gasteiger partial charge on any atom is 0.0783 e. The van der Waals surface area contributed by atoms with Gasteiger partial charge >= 0.3 is 0 Å². The Morgan fingerprint density at radius 1 is 1.00 bits per heavy atom. The number of benzene rings is 2. The Hall–Kier alpha value is -1.41. The lowest BCUT2D eigenvalue weighted by Gasteiger charge is -2.07. The first-order valence-electron chi connectivity index (χ1n) is 5.20. The van der Waals surface area contributed by atoms with Crippen LogP contribution >= 0.6 is 15.9 Å². The van der Waals surface area contributed by atoms with E-state index in [1.54, 1.807) is 0 Å². The molecule has 1 nitrogen and oxygen atoms in total. The molecule has 1 aromatic heterocycles. The Morgan fingerprint density at radius 2 is 1.75 bits per heavy atom. The summed E-state index contributed by atoms with van der Waals surface area (Å²) in [5.41, 5.74) is 2.33. The fourth-order valence-electron chi connectivity index (χ4n) is 2.10. The predicted octanol–water partition coefficient (Wildman–Crippen LogP) is 4.46. The molecular weight excluding hydrogens is 262 g/mol. The summed E-state index contributed by atoms with van der Waals surface area (Å²) in [7, 11) is 0. The van der Waals surface area contributed by atoms with Crippen LogP contribution in [0.5, 0.6) is 0 Å². The summed E-state index contributed by atoms with van der Waals surface area (Å²) in [6.45, 7) is 2.13. The van der Waals surface area contributed by atoms with Crippen molar-refractivity contribution in [3.05, 3.63) is 52.6 Å². The number of aromatic nitrogens is 1. The van der Waals surface area contributed by atoms with E-state index in [9.17, 15) is 0 Å². The second kappa shape index (κ2) is 3.56. The van der Waals surface area contributed by atoms with Crippen molar-refractivity contribution in [2.24, 2.45) is 0 Å². The molecule has 78 valence electrons. The van der Waals surface area contributed by atoms with Crippen molar-refractivity contribution in [2.45, 2.75) is 6.92 Å². The monoisotopic (exact) mass is 271 g/mol. The lowest BCUT2D eigenvalue weighted by Crippen LogP contribution is -1.85. The van der Waals surface area contributed by atoms with Gasteiger partial charge in [0.1, 0.15) is 0 Å². The van der Waals surface area contributed by atoms with E-state index in [0.717, 1.165) is 9.99 Å². The lowest BCUT2D eigenvalue weighted by atomic mass is 10.0. The molecular formula is C14H10BrN. The minimum atomic E-state index is 1.08. The quantitative estimate of drug-likeness (QED) is 0.550. The van der Waals surface area contributed by atoms with E-state index < -0.39 is 0 Å². The van der Waals surface area contributed by atoms with E-state index in [2.05, 4.69) is 58.2 Å². The van der Waals surface area contributed by atoms with E-state index in [-0.39, 0.29) is 0 Å². The van der Waals surface area contributed by atoms with Gasteiger partial charge in [0.15, 0.2) is 0 Å². The van der Waals surface area contributed by atoms with E-state index in [1.807, 2.05) is 12.3 Å². The molecule has 0 N–H and O–H groups in total. The third-order valence-electron chi connectivity index (χ3n) is 2.95. The maximum atomic E-state index is 4.49. The molecule has 0 atom stereocenters. The second-order valence-corrected chi connectivity index (χ2v) is 4.77. The topological polar surface area (TPSA) is 12.9 Å². The van der Waals surface area contributed by atoms with Crippen molar-refractivity contribution < 1.29 is 0 Å². The van der Waals surface area contributed by atoms with Crippen LogP contribution in [0.15, 0.2) is 47.1 Å². The number of hydrogen-bond donors (Lipinski definition) is 0. The number of rotatable bonds is 0. The minimum Gasteiger partial charge on any atom is -0.256 e. The van der Waals surface area contributed by atoms with Crippen LogP contribution in [0.25, 0.3) is 21.7 Å². The Labute approximate surface area is 102 Å². The number of fused-ring (bicyclic) bond motifs is 3. The van der Waals surface area contributed by atoms with E-state index >= 15 is 0 Å². The average molecular weight is 272 g/mol. The van der Waals surface area contributed by atoms with Crippen LogP contribution in [0.2, 0.25) is 0 Å². The summed E-state index contributed by atoms with van der Waals surface area (Å²) in [5, 5.41) is 3.68. The van der Waals surface area contributed by atoms with Crippen LogP contribution in [0.3, 0.4) is 0 Å². The normalized spacial score (nSPS) is 11.1. The number of pyridine rings is 1. The second-order valence-electron chi connectivity index (χ2n) is 3.91. The molecule has 3 aromatic rings. The van der Waals surface area contributed by atoms with Gasteiger partial charge in [-0.15, -0.1) is 0 Å². The van der Waals surface area contributed by atoms with Crippen LogP contribution in [0.1, 0.15) is 5.56 Å². The SMILES string of the molecule is Cc1c(Br)ccc2ccc3cccnc3c12. The molecule has 0 unspecified atom stereocenters. The van der Waals surface area contributed by atoms with E-state index in [1.165, 1.54) is 21.7 Å². The molecule has 16 heavy (non-hydrogen) atoms. The molecule has 0 aliphatic carbocycles. The van der Waals surface area contributed by atoms with Gasteiger partial charge in [-0.3, -0.25) is 4.98 Å². The van der Waals surface area contributed by atoms with Crippen LogP contribution < -0.4 is 0 Å². The highest BCUT2D eigenvalue weighted by Crippen LogP contribution is 2.30. The van der Waals surface area contributed by atoms with Gasteiger partial charge in [0.2, 0.25) is 0 Å². The first-order valence-corrected chi connectivity index (χ1v) is 5.99. The van der Waals surface area contributed by atoms with Crippen molar-refractivity contribution in [1.29, 1.82) is 0 Å². The Bertz CT molecular complexity index is 689. The molecule has 2 heteroatoms. The predicted molar refractivity (Wildman–Crippen MR) is 71.7 cm³/mol. The van der Waals surface area contributed by atoms with Gasteiger partial charge in [-0.1, -0.05) is 40.2 Å². The van der Waals surface area contributed by atoms with Crippen LogP contribution in [0, 0.1) is 6.92 Å². The molecule has 0 saturated carbocycles. The average Bonchev–Trinajstić information content (AvgIpc) is 2.33. The van der Waals surface area contributed by atoms with Gasteiger partial charge in [-0.25, -0.2) is 0 Å². The lowest BCUT2D eigenvalue weighted by molar-refractivity contribution is 1.41. The molecule has 0 spiro atoms. The van der Waals surface area contributed by atoms with E-state index in [0.29, 0.717) is 0 Å². The van der Waals surface area contributed by atoms with Gasteiger partial charge in [0, 0.05) is 21.4 Å². The minimum absolute atomic E-state index is 1.08. The summed E-state index contributed by atoms with van der Waals surface area (Å²) >= 11 is 3.57. The van der Waals surface area contributed by atoms with Gasteiger partial charge in [0.05, 0.1) is 5.52 Å². The highest BCUT2D eigenvalue weighted by atomic mass is 79.9. The summed E-state index contributed by atoms with van der Waals surface area (Å²) in [5.74, 6) is 0. The number of nitrogens with zero attached hydrogens (tertiary/aromatic N) is 1. The van der Waals surface area contributed by atoms with Gasteiger partial charge < -0.3 is 0 Å².